The Hall–Kier alpha value is -3.50. The summed E-state index contributed by atoms with van der Waals surface area (Å²) < 4.78 is 31.2. The molecule has 0 spiro atoms. The fourth-order valence-electron chi connectivity index (χ4n) is 4.87. The van der Waals surface area contributed by atoms with Crippen LogP contribution in [0.4, 0.5) is 0 Å². The Morgan fingerprint density at radius 2 is 1.14 bits per heavy atom. The molecule has 0 radical (unpaired) electrons. The fraction of sp³-hybridized carbons (Fsp3) is 0.294. The second-order valence-corrected chi connectivity index (χ2v) is 11.3. The van der Waals surface area contributed by atoms with E-state index in [0.29, 0.717) is 4.88 Å². The molecule has 1 aromatic heterocycles. The van der Waals surface area contributed by atoms with Crippen molar-refractivity contribution in [3.63, 3.8) is 0 Å². The van der Waals surface area contributed by atoms with Crippen molar-refractivity contribution in [2.24, 2.45) is 0 Å². The molecule has 0 saturated carbocycles. The number of aryl methyl sites for hydroxylation is 1. The Balaban J connectivity index is 1.48. The topological polar surface area (TPSA) is 80.3 Å². The summed E-state index contributed by atoms with van der Waals surface area (Å²) in [5, 5.41) is 0. The Kier molecular flexibility index (Phi) is 10.4. The van der Waals surface area contributed by atoms with E-state index in [1.165, 1.54) is 18.4 Å². The van der Waals surface area contributed by atoms with Crippen molar-refractivity contribution in [3.8, 4) is 0 Å². The molecule has 218 valence electrons. The summed E-state index contributed by atoms with van der Waals surface area (Å²) in [5.41, 5.74) is 2.80. The van der Waals surface area contributed by atoms with E-state index in [2.05, 4.69) is 0 Å². The molecule has 0 amide bonds. The fourth-order valence-corrected chi connectivity index (χ4v) is 5.68. The zero-order valence-corrected chi connectivity index (χ0v) is 24.4. The highest BCUT2D eigenvalue weighted by Gasteiger charge is 2.52. The van der Waals surface area contributed by atoms with E-state index < -0.39 is 42.3 Å². The molecule has 1 aliphatic heterocycles. The van der Waals surface area contributed by atoms with E-state index in [1.807, 2.05) is 104 Å². The normalized spacial score (nSPS) is 22.1. The molecule has 5 atom stereocenters. The SMILES string of the molecule is CO[C@H]1O[C@H](C(=O)C(=O)c2ccc(C)s2)[C@H](OCc2ccccc2)[C@H](OCc2ccccc2)[C@H]1OCc1ccccc1. The van der Waals surface area contributed by atoms with Gasteiger partial charge in [-0.15, -0.1) is 11.3 Å². The van der Waals surface area contributed by atoms with Gasteiger partial charge in [-0.2, -0.15) is 0 Å². The summed E-state index contributed by atoms with van der Waals surface area (Å²) in [4.78, 5) is 28.4. The van der Waals surface area contributed by atoms with Gasteiger partial charge in [-0.3, -0.25) is 9.59 Å². The van der Waals surface area contributed by atoms with E-state index in [0.717, 1.165) is 21.6 Å². The van der Waals surface area contributed by atoms with Crippen LogP contribution in [0.5, 0.6) is 0 Å². The minimum absolute atomic E-state index is 0.180. The minimum atomic E-state index is -1.27. The lowest BCUT2D eigenvalue weighted by atomic mass is 9.93. The molecule has 3 aromatic carbocycles. The second-order valence-electron chi connectivity index (χ2n) is 10.0. The molecule has 42 heavy (non-hydrogen) atoms. The van der Waals surface area contributed by atoms with Crippen LogP contribution in [-0.4, -0.2) is 49.4 Å². The average molecular weight is 587 g/mol. The number of carbonyl (C=O) groups excluding carboxylic acids is 2. The Morgan fingerprint density at radius 3 is 1.60 bits per heavy atom. The number of hydrogen-bond acceptors (Lipinski definition) is 8. The second kappa shape index (κ2) is 14.6. The van der Waals surface area contributed by atoms with E-state index in [9.17, 15) is 9.59 Å². The number of Topliss-reactive ketones (excluding diaryl/α,β-unsaturated/α-hetero) is 2. The molecule has 0 aliphatic carbocycles. The van der Waals surface area contributed by atoms with Crippen molar-refractivity contribution < 1.29 is 33.3 Å². The molecule has 1 saturated heterocycles. The number of benzene rings is 3. The van der Waals surface area contributed by atoms with E-state index in [-0.39, 0.29) is 19.8 Å². The van der Waals surface area contributed by atoms with Crippen LogP contribution in [0.2, 0.25) is 0 Å². The quantitative estimate of drug-likeness (QED) is 0.142. The summed E-state index contributed by atoms with van der Waals surface area (Å²) in [6, 6.07) is 32.5. The number of ether oxygens (including phenoxy) is 5. The number of methoxy groups -OCH3 is 1. The standard InChI is InChI=1S/C34H34O7S/c1-23-18-19-27(42-23)28(35)29(36)30-31(38-20-24-12-6-3-7-13-24)32(39-21-25-14-8-4-9-15-25)33(34(37-2)41-30)40-22-26-16-10-5-11-17-26/h3-19,30-34H,20-22H2,1-2H3/t30-,31+,32+,33-,34+/m1/s1. The van der Waals surface area contributed by atoms with Gasteiger partial charge in [0.25, 0.3) is 0 Å². The van der Waals surface area contributed by atoms with Crippen LogP contribution in [-0.2, 0) is 48.3 Å². The van der Waals surface area contributed by atoms with Crippen molar-refractivity contribution in [1.29, 1.82) is 0 Å². The third kappa shape index (κ3) is 7.46. The number of thiophene rings is 1. The van der Waals surface area contributed by atoms with Gasteiger partial charge in [0, 0.05) is 12.0 Å². The molecule has 0 N–H and O–H groups in total. The third-order valence-corrected chi connectivity index (χ3v) is 8.03. The van der Waals surface area contributed by atoms with Crippen molar-refractivity contribution in [2.45, 2.75) is 57.5 Å². The highest BCUT2D eigenvalue weighted by Crippen LogP contribution is 2.32. The van der Waals surface area contributed by atoms with Crippen molar-refractivity contribution in [3.05, 3.63) is 130 Å². The maximum absolute atomic E-state index is 13.8. The van der Waals surface area contributed by atoms with Crippen LogP contribution in [0.1, 0.15) is 31.2 Å². The number of hydrogen-bond donors (Lipinski definition) is 0. The zero-order valence-electron chi connectivity index (χ0n) is 23.6. The lowest BCUT2D eigenvalue weighted by molar-refractivity contribution is -0.310. The number of rotatable bonds is 13. The van der Waals surface area contributed by atoms with Crippen LogP contribution in [0, 0.1) is 6.92 Å². The van der Waals surface area contributed by atoms with Crippen molar-refractivity contribution in [2.75, 3.05) is 7.11 Å². The predicted molar refractivity (Wildman–Crippen MR) is 159 cm³/mol. The van der Waals surface area contributed by atoms with Crippen LogP contribution in [0.3, 0.4) is 0 Å². The van der Waals surface area contributed by atoms with Gasteiger partial charge in [0.15, 0.2) is 12.4 Å². The smallest absolute Gasteiger partial charge is 0.241 e. The van der Waals surface area contributed by atoms with E-state index >= 15 is 0 Å². The Bertz CT molecular complexity index is 1420. The van der Waals surface area contributed by atoms with Gasteiger partial charge >= 0.3 is 0 Å². The first-order valence-corrected chi connectivity index (χ1v) is 14.6. The third-order valence-electron chi connectivity index (χ3n) is 7.03. The Labute approximate surface area is 250 Å². The zero-order chi connectivity index (χ0) is 29.3. The maximum Gasteiger partial charge on any atom is 0.241 e. The van der Waals surface area contributed by atoms with Crippen LogP contribution in [0.15, 0.2) is 103 Å². The first-order valence-electron chi connectivity index (χ1n) is 13.8. The Morgan fingerprint density at radius 1 is 0.667 bits per heavy atom. The van der Waals surface area contributed by atoms with Crippen molar-refractivity contribution in [1.82, 2.24) is 0 Å². The maximum atomic E-state index is 13.8. The molecule has 2 heterocycles. The summed E-state index contributed by atoms with van der Waals surface area (Å²) >= 11 is 1.27. The molecule has 5 rings (SSSR count). The lowest BCUT2D eigenvalue weighted by Gasteiger charge is -2.44. The van der Waals surface area contributed by atoms with Crippen molar-refractivity contribution >= 4 is 22.9 Å². The van der Waals surface area contributed by atoms with Gasteiger partial charge in [0.05, 0.1) is 24.7 Å². The van der Waals surface area contributed by atoms with Crippen LogP contribution in [0.25, 0.3) is 0 Å². The molecular formula is C34H34O7S. The van der Waals surface area contributed by atoms with E-state index in [1.54, 1.807) is 6.07 Å². The molecule has 0 unspecified atom stereocenters. The monoisotopic (exact) mass is 586 g/mol. The molecular weight excluding hydrogens is 552 g/mol. The summed E-state index contributed by atoms with van der Waals surface area (Å²) in [5.74, 6) is -1.35. The van der Waals surface area contributed by atoms with E-state index in [4.69, 9.17) is 23.7 Å². The molecule has 7 nitrogen and oxygen atoms in total. The predicted octanol–water partition coefficient (Wildman–Crippen LogP) is 5.94. The summed E-state index contributed by atoms with van der Waals surface area (Å²) in [7, 11) is 1.48. The minimum Gasteiger partial charge on any atom is -0.368 e. The van der Waals surface area contributed by atoms with Gasteiger partial charge in [-0.1, -0.05) is 91.0 Å². The van der Waals surface area contributed by atoms with Crippen LogP contribution < -0.4 is 0 Å². The number of ketones is 2. The molecule has 1 aliphatic rings. The van der Waals surface area contributed by atoms with Gasteiger partial charge in [0.2, 0.25) is 11.6 Å². The molecule has 1 fully saturated rings. The summed E-state index contributed by atoms with van der Waals surface area (Å²) in [6.45, 7) is 2.56. The highest BCUT2D eigenvalue weighted by atomic mass is 32.1. The number of carbonyl (C=O) groups is 2. The first-order chi connectivity index (χ1) is 20.5. The largest absolute Gasteiger partial charge is 0.368 e. The molecule has 8 heteroatoms. The van der Waals surface area contributed by atoms with Gasteiger partial charge in [-0.05, 0) is 35.7 Å². The average Bonchev–Trinajstić information content (AvgIpc) is 3.48. The molecule has 0 bridgehead atoms. The lowest BCUT2D eigenvalue weighted by Crippen LogP contribution is -2.63. The summed E-state index contributed by atoms with van der Waals surface area (Å²) in [6.07, 6.45) is -4.78. The first kappa shape index (κ1) is 30.0. The molecule has 4 aromatic rings. The van der Waals surface area contributed by atoms with Gasteiger partial charge < -0.3 is 23.7 Å². The van der Waals surface area contributed by atoms with Gasteiger partial charge in [-0.25, -0.2) is 0 Å². The van der Waals surface area contributed by atoms with Gasteiger partial charge in [0.1, 0.15) is 18.3 Å². The van der Waals surface area contributed by atoms with Crippen LogP contribution >= 0.6 is 11.3 Å². The highest BCUT2D eigenvalue weighted by molar-refractivity contribution is 7.14.